The quantitative estimate of drug-likeness (QED) is 0.192. The summed E-state index contributed by atoms with van der Waals surface area (Å²) in [5.74, 6) is -0.536. The Hall–Kier alpha value is -5.36. The summed E-state index contributed by atoms with van der Waals surface area (Å²) in [5.41, 5.74) is 4.63. The Morgan fingerprint density at radius 3 is 1.00 bits per heavy atom. The molecule has 0 unspecified atom stereocenters. The van der Waals surface area contributed by atoms with Crippen molar-refractivity contribution < 1.29 is 19.2 Å². The van der Waals surface area contributed by atoms with Crippen molar-refractivity contribution in [1.82, 2.24) is 0 Å². The standard InChI is InChI=1S/2C17H15NO2/c2*1-12(2)17(20)18-15-10-8-14(9-11-15)16(19)13-6-4-3-5-7-13/h2*3-11H,1H2,2H3,(H,18,20). The highest BCUT2D eigenvalue weighted by atomic mass is 16.2. The van der Waals surface area contributed by atoms with Crippen LogP contribution in [0.4, 0.5) is 11.4 Å². The van der Waals surface area contributed by atoms with Gasteiger partial charge in [-0.05, 0) is 62.4 Å². The van der Waals surface area contributed by atoms with Gasteiger partial charge in [0.15, 0.2) is 11.6 Å². The van der Waals surface area contributed by atoms with E-state index in [9.17, 15) is 19.2 Å². The van der Waals surface area contributed by atoms with Crippen molar-refractivity contribution >= 4 is 34.8 Å². The third kappa shape index (κ3) is 8.33. The molecule has 200 valence electrons. The van der Waals surface area contributed by atoms with Crippen molar-refractivity contribution in [3.05, 3.63) is 156 Å². The SMILES string of the molecule is C=C(C)C(=O)Nc1ccc(C(=O)c2ccccc2)cc1.C=C(C)C(=O)Nc1ccc(C(=O)c2ccccc2)cc1. The molecule has 0 fully saturated rings. The van der Waals surface area contributed by atoms with E-state index >= 15 is 0 Å². The number of carbonyl (C=O) groups excluding carboxylic acids is 4. The van der Waals surface area contributed by atoms with Crippen LogP contribution >= 0.6 is 0 Å². The minimum absolute atomic E-state index is 0.0385. The number of hydrogen-bond donors (Lipinski definition) is 2. The van der Waals surface area contributed by atoms with Gasteiger partial charge in [-0.2, -0.15) is 0 Å². The monoisotopic (exact) mass is 530 g/mol. The fraction of sp³-hybridized carbons (Fsp3) is 0.0588. The van der Waals surface area contributed by atoms with E-state index in [1.54, 1.807) is 86.6 Å². The van der Waals surface area contributed by atoms with Gasteiger partial charge in [0, 0.05) is 44.8 Å². The normalized spacial score (nSPS) is 9.85. The minimum Gasteiger partial charge on any atom is -0.322 e. The summed E-state index contributed by atoms with van der Waals surface area (Å²) < 4.78 is 0. The molecule has 40 heavy (non-hydrogen) atoms. The lowest BCUT2D eigenvalue weighted by Crippen LogP contribution is -2.11. The maximum atomic E-state index is 12.2. The molecule has 0 saturated carbocycles. The van der Waals surface area contributed by atoms with E-state index < -0.39 is 0 Å². The van der Waals surface area contributed by atoms with Gasteiger partial charge >= 0.3 is 0 Å². The lowest BCUT2D eigenvalue weighted by atomic mass is 10.0. The smallest absolute Gasteiger partial charge is 0.250 e. The van der Waals surface area contributed by atoms with Gasteiger partial charge in [-0.15, -0.1) is 0 Å². The molecule has 4 rings (SSSR count). The van der Waals surface area contributed by atoms with Crippen LogP contribution in [0.1, 0.15) is 45.7 Å². The average molecular weight is 531 g/mol. The molecule has 4 aromatic carbocycles. The molecule has 0 atom stereocenters. The molecule has 0 heterocycles. The van der Waals surface area contributed by atoms with Gasteiger partial charge in [-0.25, -0.2) is 0 Å². The molecular weight excluding hydrogens is 500 g/mol. The second-order valence-electron chi connectivity index (χ2n) is 9.01. The summed E-state index contributed by atoms with van der Waals surface area (Å²) >= 11 is 0. The Morgan fingerprint density at radius 1 is 0.450 bits per heavy atom. The van der Waals surface area contributed by atoms with Crippen LogP contribution in [0, 0.1) is 0 Å². The zero-order chi connectivity index (χ0) is 29.1. The zero-order valence-corrected chi connectivity index (χ0v) is 22.4. The first kappa shape index (κ1) is 29.2. The summed E-state index contributed by atoms with van der Waals surface area (Å²) in [6.07, 6.45) is 0. The second-order valence-corrected chi connectivity index (χ2v) is 9.01. The van der Waals surface area contributed by atoms with E-state index in [1.165, 1.54) is 0 Å². The summed E-state index contributed by atoms with van der Waals surface area (Å²) in [5, 5.41) is 5.39. The topological polar surface area (TPSA) is 92.3 Å². The van der Waals surface area contributed by atoms with E-state index in [0.29, 0.717) is 44.8 Å². The van der Waals surface area contributed by atoms with E-state index in [-0.39, 0.29) is 23.4 Å². The highest BCUT2D eigenvalue weighted by molar-refractivity contribution is 6.10. The average Bonchev–Trinajstić information content (AvgIpc) is 2.98. The van der Waals surface area contributed by atoms with Crippen LogP contribution in [-0.2, 0) is 9.59 Å². The van der Waals surface area contributed by atoms with E-state index in [1.807, 2.05) is 36.4 Å². The molecule has 0 aromatic heterocycles. The summed E-state index contributed by atoms with van der Waals surface area (Å²) in [6.45, 7) is 10.4. The molecule has 4 aromatic rings. The first-order valence-corrected chi connectivity index (χ1v) is 12.5. The van der Waals surface area contributed by atoms with Crippen molar-refractivity contribution in [1.29, 1.82) is 0 Å². The molecule has 0 bridgehead atoms. The third-order valence-corrected chi connectivity index (χ3v) is 5.66. The van der Waals surface area contributed by atoms with Crippen LogP contribution in [0.3, 0.4) is 0 Å². The largest absolute Gasteiger partial charge is 0.322 e. The summed E-state index contributed by atoms with van der Waals surface area (Å²) in [7, 11) is 0. The number of nitrogens with one attached hydrogen (secondary N) is 2. The molecule has 0 spiro atoms. The predicted molar refractivity (Wildman–Crippen MR) is 160 cm³/mol. The second kappa shape index (κ2) is 14.0. The molecule has 0 aliphatic carbocycles. The van der Waals surface area contributed by atoms with Crippen LogP contribution < -0.4 is 10.6 Å². The molecule has 0 aliphatic heterocycles. The van der Waals surface area contributed by atoms with Crippen LogP contribution in [0.15, 0.2) is 133 Å². The van der Waals surface area contributed by atoms with E-state index in [2.05, 4.69) is 23.8 Å². The van der Waals surface area contributed by atoms with Crippen molar-refractivity contribution in [2.24, 2.45) is 0 Å². The van der Waals surface area contributed by atoms with Crippen molar-refractivity contribution in [2.75, 3.05) is 10.6 Å². The first-order chi connectivity index (χ1) is 19.2. The van der Waals surface area contributed by atoms with Crippen molar-refractivity contribution in [2.45, 2.75) is 13.8 Å². The van der Waals surface area contributed by atoms with Crippen LogP contribution in [0.2, 0.25) is 0 Å². The molecule has 2 amide bonds. The van der Waals surface area contributed by atoms with Crippen molar-refractivity contribution in [3.8, 4) is 0 Å². The Morgan fingerprint density at radius 2 is 0.725 bits per heavy atom. The summed E-state index contributed by atoms with van der Waals surface area (Å²) in [4.78, 5) is 47.3. The van der Waals surface area contributed by atoms with Crippen molar-refractivity contribution in [3.63, 3.8) is 0 Å². The highest BCUT2D eigenvalue weighted by Gasteiger charge is 2.10. The Balaban J connectivity index is 0.000000220. The highest BCUT2D eigenvalue weighted by Crippen LogP contribution is 2.15. The number of rotatable bonds is 8. The molecule has 2 N–H and O–H groups in total. The van der Waals surface area contributed by atoms with Gasteiger partial charge in [0.1, 0.15) is 0 Å². The maximum absolute atomic E-state index is 12.2. The fourth-order valence-corrected chi connectivity index (χ4v) is 3.40. The Kier molecular flexibility index (Phi) is 10.2. The van der Waals surface area contributed by atoms with Crippen LogP contribution in [0.25, 0.3) is 0 Å². The third-order valence-electron chi connectivity index (χ3n) is 5.66. The van der Waals surface area contributed by atoms with Crippen LogP contribution in [0.5, 0.6) is 0 Å². The molecule has 0 aliphatic rings. The van der Waals surface area contributed by atoms with Gasteiger partial charge in [0.05, 0.1) is 0 Å². The first-order valence-electron chi connectivity index (χ1n) is 12.5. The fourth-order valence-electron chi connectivity index (χ4n) is 3.40. The lowest BCUT2D eigenvalue weighted by Gasteiger charge is -2.06. The minimum atomic E-state index is -0.230. The predicted octanol–water partition coefficient (Wildman–Crippen LogP) is 6.86. The number of carbonyl (C=O) groups is 4. The molecule has 0 radical (unpaired) electrons. The molecule has 6 heteroatoms. The zero-order valence-electron chi connectivity index (χ0n) is 22.4. The Bertz CT molecular complexity index is 1400. The maximum Gasteiger partial charge on any atom is 0.250 e. The molecule has 0 saturated heterocycles. The summed E-state index contributed by atoms with van der Waals surface area (Å²) in [6, 6.07) is 31.8. The number of amides is 2. The van der Waals surface area contributed by atoms with E-state index in [0.717, 1.165) is 0 Å². The number of anilines is 2. The molecular formula is C34H30N2O4. The number of benzene rings is 4. The lowest BCUT2D eigenvalue weighted by molar-refractivity contribution is -0.113. The van der Waals surface area contributed by atoms with Gasteiger partial charge in [0.2, 0.25) is 0 Å². The van der Waals surface area contributed by atoms with Crippen LogP contribution in [-0.4, -0.2) is 23.4 Å². The van der Waals surface area contributed by atoms with Gasteiger partial charge < -0.3 is 10.6 Å². The van der Waals surface area contributed by atoms with Gasteiger partial charge in [0.25, 0.3) is 11.8 Å². The van der Waals surface area contributed by atoms with Gasteiger partial charge in [-0.3, -0.25) is 19.2 Å². The number of ketones is 2. The van der Waals surface area contributed by atoms with Gasteiger partial charge in [-0.1, -0.05) is 73.8 Å². The van der Waals surface area contributed by atoms with E-state index in [4.69, 9.17) is 0 Å². The molecule has 6 nitrogen and oxygen atoms in total. The number of hydrogen-bond acceptors (Lipinski definition) is 4. The Labute approximate surface area is 234 Å².